The van der Waals surface area contributed by atoms with Crippen LogP contribution in [0.2, 0.25) is 5.02 Å². The van der Waals surface area contributed by atoms with Gasteiger partial charge < -0.3 is 15.6 Å². The molecule has 2 rings (SSSR count). The molecule has 0 bridgehead atoms. The predicted octanol–water partition coefficient (Wildman–Crippen LogP) is 2.96. The molecule has 0 saturated carbocycles. The summed E-state index contributed by atoms with van der Waals surface area (Å²) in [4.78, 5) is 0. The smallest absolute Gasteiger partial charge is 0.125 e. The van der Waals surface area contributed by atoms with E-state index in [2.05, 4.69) is 0 Å². The summed E-state index contributed by atoms with van der Waals surface area (Å²) in [5.41, 5.74) is 5.33. The minimum atomic E-state index is -1.09. The van der Waals surface area contributed by atoms with Crippen molar-refractivity contribution in [2.75, 3.05) is 13.2 Å². The molecule has 0 spiro atoms. The first-order chi connectivity index (χ1) is 9.64. The van der Waals surface area contributed by atoms with Gasteiger partial charge in [0.2, 0.25) is 0 Å². The summed E-state index contributed by atoms with van der Waals surface area (Å²) < 4.78 is 5.67. The molecular weight excluding hydrogens is 274 g/mol. The van der Waals surface area contributed by atoms with Crippen LogP contribution in [0.4, 0.5) is 0 Å². The average molecular weight is 292 g/mol. The van der Waals surface area contributed by atoms with Gasteiger partial charge in [-0.1, -0.05) is 41.9 Å². The Balaban J connectivity index is 2.11. The Bertz CT molecular complexity index is 530. The predicted molar refractivity (Wildman–Crippen MR) is 81.0 cm³/mol. The van der Waals surface area contributed by atoms with E-state index in [9.17, 15) is 5.11 Å². The van der Waals surface area contributed by atoms with Crippen LogP contribution in [-0.2, 0) is 5.60 Å². The lowest BCUT2D eigenvalue weighted by molar-refractivity contribution is -0.0149. The number of ether oxygens (including phenoxy) is 1. The van der Waals surface area contributed by atoms with Crippen molar-refractivity contribution in [3.63, 3.8) is 0 Å². The molecule has 0 amide bonds. The minimum Gasteiger partial charge on any atom is -0.490 e. The lowest BCUT2D eigenvalue weighted by atomic mass is 9.91. The maximum absolute atomic E-state index is 10.8. The maximum Gasteiger partial charge on any atom is 0.125 e. The van der Waals surface area contributed by atoms with Gasteiger partial charge in [-0.25, -0.2) is 0 Å². The summed E-state index contributed by atoms with van der Waals surface area (Å²) in [5, 5.41) is 11.4. The van der Waals surface area contributed by atoms with Gasteiger partial charge in [0.15, 0.2) is 0 Å². The van der Waals surface area contributed by atoms with Crippen molar-refractivity contribution in [3.05, 3.63) is 65.2 Å². The van der Waals surface area contributed by atoms with Crippen LogP contribution in [0.15, 0.2) is 54.6 Å². The maximum atomic E-state index is 10.8. The van der Waals surface area contributed by atoms with Gasteiger partial charge in [0.05, 0.1) is 0 Å². The highest BCUT2D eigenvalue weighted by atomic mass is 35.5. The molecular formula is C16H18ClNO2. The fraction of sp³-hybridized carbons (Fsp3) is 0.250. The van der Waals surface area contributed by atoms with E-state index in [1.54, 1.807) is 24.3 Å². The second-order valence-corrected chi connectivity index (χ2v) is 5.12. The third kappa shape index (κ3) is 3.73. The van der Waals surface area contributed by atoms with Gasteiger partial charge in [-0.2, -0.15) is 0 Å². The molecule has 106 valence electrons. The summed E-state index contributed by atoms with van der Waals surface area (Å²) >= 11 is 5.83. The van der Waals surface area contributed by atoms with Gasteiger partial charge in [-0.15, -0.1) is 0 Å². The Morgan fingerprint density at radius 3 is 2.30 bits per heavy atom. The van der Waals surface area contributed by atoms with Crippen LogP contribution < -0.4 is 10.5 Å². The van der Waals surface area contributed by atoms with Crippen molar-refractivity contribution in [2.24, 2.45) is 5.73 Å². The zero-order valence-electron chi connectivity index (χ0n) is 11.1. The Hall–Kier alpha value is -1.55. The van der Waals surface area contributed by atoms with Gasteiger partial charge in [0.25, 0.3) is 0 Å². The van der Waals surface area contributed by atoms with E-state index in [-0.39, 0.29) is 6.61 Å². The van der Waals surface area contributed by atoms with Crippen molar-refractivity contribution in [2.45, 2.75) is 12.0 Å². The third-order valence-corrected chi connectivity index (χ3v) is 3.41. The molecule has 0 fully saturated rings. The number of rotatable bonds is 6. The van der Waals surface area contributed by atoms with Crippen LogP contribution in [-0.4, -0.2) is 18.3 Å². The molecule has 0 radical (unpaired) electrons. The van der Waals surface area contributed by atoms with Crippen LogP contribution in [0.3, 0.4) is 0 Å². The zero-order chi connectivity index (χ0) is 14.4. The number of halogens is 1. The van der Waals surface area contributed by atoms with Crippen LogP contribution in [0.25, 0.3) is 0 Å². The molecule has 1 unspecified atom stereocenters. The van der Waals surface area contributed by atoms with E-state index in [1.165, 1.54) is 0 Å². The molecule has 3 nitrogen and oxygen atoms in total. The Morgan fingerprint density at radius 2 is 1.70 bits per heavy atom. The molecule has 20 heavy (non-hydrogen) atoms. The van der Waals surface area contributed by atoms with Crippen molar-refractivity contribution in [3.8, 4) is 5.75 Å². The average Bonchev–Trinajstić information content (AvgIpc) is 2.48. The number of hydrogen-bond donors (Lipinski definition) is 2. The summed E-state index contributed by atoms with van der Waals surface area (Å²) in [7, 11) is 0. The van der Waals surface area contributed by atoms with E-state index >= 15 is 0 Å². The molecule has 0 saturated heterocycles. The summed E-state index contributed by atoms with van der Waals surface area (Å²) in [6.07, 6.45) is 0.435. The molecule has 0 aliphatic carbocycles. The van der Waals surface area contributed by atoms with Gasteiger partial charge in [0, 0.05) is 5.02 Å². The van der Waals surface area contributed by atoms with Gasteiger partial charge in [0.1, 0.15) is 18.0 Å². The number of benzene rings is 2. The van der Waals surface area contributed by atoms with Crippen molar-refractivity contribution in [1.29, 1.82) is 0 Å². The van der Waals surface area contributed by atoms with Crippen molar-refractivity contribution in [1.82, 2.24) is 0 Å². The largest absolute Gasteiger partial charge is 0.490 e. The first kappa shape index (κ1) is 14.9. The monoisotopic (exact) mass is 291 g/mol. The number of nitrogens with two attached hydrogens (primary N) is 1. The molecule has 1 atom stereocenters. The lowest BCUT2D eigenvalue weighted by Gasteiger charge is -2.28. The quantitative estimate of drug-likeness (QED) is 0.860. The van der Waals surface area contributed by atoms with Crippen LogP contribution in [0, 0.1) is 0 Å². The highest BCUT2D eigenvalue weighted by molar-refractivity contribution is 6.30. The highest BCUT2D eigenvalue weighted by Crippen LogP contribution is 2.26. The van der Waals surface area contributed by atoms with E-state index in [0.717, 1.165) is 5.56 Å². The molecule has 0 aliphatic rings. The van der Waals surface area contributed by atoms with E-state index < -0.39 is 5.60 Å². The van der Waals surface area contributed by atoms with Gasteiger partial charge >= 0.3 is 0 Å². The SMILES string of the molecule is NCCC(O)(COc1ccc(Cl)cc1)c1ccccc1. The van der Waals surface area contributed by atoms with Crippen LogP contribution in [0.5, 0.6) is 5.75 Å². The second kappa shape index (κ2) is 6.75. The van der Waals surface area contributed by atoms with E-state index in [0.29, 0.717) is 23.7 Å². The first-order valence-electron chi connectivity index (χ1n) is 6.50. The first-order valence-corrected chi connectivity index (χ1v) is 6.88. The van der Waals surface area contributed by atoms with Gasteiger partial charge in [-0.3, -0.25) is 0 Å². The topological polar surface area (TPSA) is 55.5 Å². The Kier molecular flexibility index (Phi) is 5.01. The highest BCUT2D eigenvalue weighted by Gasteiger charge is 2.29. The summed E-state index contributed by atoms with van der Waals surface area (Å²) in [6.45, 7) is 0.533. The molecule has 2 aromatic carbocycles. The standard InChI is InChI=1S/C16H18ClNO2/c17-14-6-8-15(9-7-14)20-12-16(19,10-11-18)13-4-2-1-3-5-13/h1-9,19H,10-12,18H2. The fourth-order valence-electron chi connectivity index (χ4n) is 2.02. The van der Waals surface area contributed by atoms with Gasteiger partial charge in [-0.05, 0) is 42.8 Å². The third-order valence-electron chi connectivity index (χ3n) is 3.16. The van der Waals surface area contributed by atoms with E-state index in [4.69, 9.17) is 22.1 Å². The summed E-state index contributed by atoms with van der Waals surface area (Å²) in [6, 6.07) is 16.5. The molecule has 0 heterocycles. The Labute approximate surface area is 123 Å². The Morgan fingerprint density at radius 1 is 1.05 bits per heavy atom. The summed E-state index contributed by atoms with van der Waals surface area (Å²) in [5.74, 6) is 0.667. The van der Waals surface area contributed by atoms with E-state index in [1.807, 2.05) is 30.3 Å². The zero-order valence-corrected chi connectivity index (χ0v) is 11.9. The number of hydrogen-bond acceptors (Lipinski definition) is 3. The van der Waals surface area contributed by atoms with Crippen molar-refractivity contribution < 1.29 is 9.84 Å². The number of aliphatic hydroxyl groups is 1. The molecule has 0 aromatic heterocycles. The van der Waals surface area contributed by atoms with Crippen LogP contribution >= 0.6 is 11.6 Å². The molecule has 4 heteroatoms. The van der Waals surface area contributed by atoms with Crippen LogP contribution in [0.1, 0.15) is 12.0 Å². The normalized spacial score (nSPS) is 13.8. The van der Waals surface area contributed by atoms with Crippen molar-refractivity contribution >= 4 is 11.6 Å². The minimum absolute atomic E-state index is 0.149. The molecule has 0 aliphatic heterocycles. The molecule has 3 N–H and O–H groups in total. The second-order valence-electron chi connectivity index (χ2n) is 4.68. The molecule has 2 aromatic rings. The fourth-order valence-corrected chi connectivity index (χ4v) is 2.15. The lowest BCUT2D eigenvalue weighted by Crippen LogP contribution is -2.35.